The Labute approximate surface area is 97.1 Å². The third-order valence-electron chi connectivity index (χ3n) is 0. The van der Waals surface area contributed by atoms with Crippen LogP contribution in [0.1, 0.15) is 4.28 Å². The van der Waals surface area contributed by atoms with Crippen LogP contribution in [0.15, 0.2) is 0 Å². The van der Waals surface area contributed by atoms with Crippen molar-refractivity contribution in [3.63, 3.8) is 0 Å². The van der Waals surface area contributed by atoms with E-state index in [1.54, 1.807) is 0 Å². The van der Waals surface area contributed by atoms with Gasteiger partial charge in [0.2, 0.25) is 0 Å². The van der Waals surface area contributed by atoms with Gasteiger partial charge in [0, 0.05) is 0 Å². The predicted molar refractivity (Wildman–Crippen MR) is 17.2 cm³/mol. The normalized spacial score (nSPS) is 1.50. The number of rotatable bonds is 0. The summed E-state index contributed by atoms with van der Waals surface area (Å²) in [6.07, 6.45) is 0. The molecule has 0 aliphatic heterocycles. The number of hydrogen-bond donors (Lipinski definition) is 1. The van der Waals surface area contributed by atoms with E-state index >= 15 is 0 Å². The summed E-state index contributed by atoms with van der Waals surface area (Å²) in [5.74, 6) is 0. The molecule has 0 radical (unpaired) electrons. The van der Waals surface area contributed by atoms with Gasteiger partial charge in [0.25, 0.3) is 0 Å². The molecule has 0 atom stereocenters. The quantitative estimate of drug-likeness (QED) is 0.430. The molecule has 0 aromatic carbocycles. The topological polar surface area (TPSA) is 20.2 Å². The molecule has 4 heavy (non-hydrogen) atoms. The third kappa shape index (κ3) is 8.84. The van der Waals surface area contributed by atoms with Crippen molar-refractivity contribution in [1.82, 2.24) is 0 Å². The second-order valence-electron chi connectivity index (χ2n) is 0. The zero-order valence-corrected chi connectivity index (χ0v) is 9.73. The van der Waals surface area contributed by atoms with E-state index in [1.165, 1.54) is 0 Å². The summed E-state index contributed by atoms with van der Waals surface area (Å²) in [6.45, 7) is 0. The van der Waals surface area contributed by atoms with E-state index < -0.39 is 0 Å². The fraction of sp³-hybridized carbons (Fsp3) is 0. The Morgan fingerprint density at radius 2 is 1.50 bits per heavy atom. The van der Waals surface area contributed by atoms with Crippen molar-refractivity contribution in [2.45, 2.75) is 0 Å². The molecule has 0 aliphatic carbocycles. The molecular weight excluding hydrogens is 212 g/mol. The van der Waals surface area contributed by atoms with Gasteiger partial charge in [-0.05, 0) is 0 Å². The van der Waals surface area contributed by atoms with Crippen molar-refractivity contribution in [2.75, 3.05) is 0 Å². The SMILES string of the molecule is OCl.[Ba+2].[H-].[H-].[H-].[Na+]. The summed E-state index contributed by atoms with van der Waals surface area (Å²) < 4.78 is 6.47. The first-order valence-corrected chi connectivity index (χ1v) is 0.507. The minimum atomic E-state index is 0. The first-order chi connectivity index (χ1) is 1.00. The molecule has 0 bridgehead atoms. The van der Waals surface area contributed by atoms with Crippen molar-refractivity contribution >= 4 is 60.7 Å². The van der Waals surface area contributed by atoms with Gasteiger partial charge in [-0.1, -0.05) is 0 Å². The van der Waals surface area contributed by atoms with Crippen LogP contribution in [-0.4, -0.2) is 53.5 Å². The second-order valence-corrected chi connectivity index (χ2v) is 0. The van der Waals surface area contributed by atoms with Gasteiger partial charge in [-0.25, -0.2) is 0 Å². The van der Waals surface area contributed by atoms with Gasteiger partial charge in [0.1, 0.15) is 0 Å². The van der Waals surface area contributed by atoms with Gasteiger partial charge in [0.05, 0.1) is 11.9 Å². The molecule has 4 heteroatoms. The molecule has 0 saturated carbocycles. The largest absolute Gasteiger partial charge is 2.00 e. The fourth-order valence-electron chi connectivity index (χ4n) is 0. The van der Waals surface area contributed by atoms with Crippen LogP contribution in [0.2, 0.25) is 0 Å². The van der Waals surface area contributed by atoms with Crippen molar-refractivity contribution in [2.24, 2.45) is 0 Å². The first-order valence-electron chi connectivity index (χ1n) is 0.169. The average Bonchev–Trinajstić information content (AvgIpc) is 1.00. The van der Waals surface area contributed by atoms with Crippen LogP contribution in [0.3, 0.4) is 0 Å². The molecule has 0 aliphatic rings. The Hall–Kier alpha value is 2.82. The molecule has 0 spiro atoms. The molecule has 0 fully saturated rings. The van der Waals surface area contributed by atoms with E-state index in [4.69, 9.17) is 4.66 Å². The third-order valence-corrected chi connectivity index (χ3v) is 0. The van der Waals surface area contributed by atoms with Crippen molar-refractivity contribution in [3.8, 4) is 0 Å². The summed E-state index contributed by atoms with van der Waals surface area (Å²) in [5.41, 5.74) is 0. The molecule has 20 valence electrons. The van der Waals surface area contributed by atoms with Crippen LogP contribution in [0.5, 0.6) is 0 Å². The molecule has 0 heterocycles. The molecule has 0 rings (SSSR count). The van der Waals surface area contributed by atoms with Crippen molar-refractivity contribution < 1.29 is 38.5 Å². The van der Waals surface area contributed by atoms with Crippen LogP contribution < -0.4 is 29.6 Å². The van der Waals surface area contributed by atoms with Gasteiger partial charge in [0.15, 0.2) is 0 Å². The maximum Gasteiger partial charge on any atom is 2.00 e. The van der Waals surface area contributed by atoms with E-state index in [9.17, 15) is 0 Å². The molecule has 0 aromatic rings. The van der Waals surface area contributed by atoms with Crippen molar-refractivity contribution in [1.29, 1.82) is 0 Å². The van der Waals surface area contributed by atoms with Crippen molar-refractivity contribution in [3.05, 3.63) is 0 Å². The summed E-state index contributed by atoms with van der Waals surface area (Å²) in [7, 11) is 0. The van der Waals surface area contributed by atoms with E-state index in [0.29, 0.717) is 0 Å². The summed E-state index contributed by atoms with van der Waals surface area (Å²) >= 11 is 3.64. The molecule has 0 amide bonds. The van der Waals surface area contributed by atoms with Gasteiger partial charge in [-0.15, -0.1) is 0 Å². The van der Waals surface area contributed by atoms with E-state index in [1.807, 2.05) is 0 Å². The standard InChI is InChI=1S/Ba.ClHO.Na.3H/c;1-2;;;;/h;2H;;;;/q+2;;+1;3*-1. The van der Waals surface area contributed by atoms with Gasteiger partial charge in [-0.2, -0.15) is 0 Å². The van der Waals surface area contributed by atoms with Gasteiger partial charge >= 0.3 is 78.4 Å². The average molecular weight is 216 g/mol. The predicted octanol–water partition coefficient (Wildman–Crippen LogP) is -2.91. The van der Waals surface area contributed by atoms with E-state index in [2.05, 4.69) is 11.9 Å². The molecule has 1 N–H and O–H groups in total. The summed E-state index contributed by atoms with van der Waals surface area (Å²) in [6, 6.07) is 0. The van der Waals surface area contributed by atoms with E-state index in [0.717, 1.165) is 0 Å². The van der Waals surface area contributed by atoms with Crippen LogP contribution in [0.4, 0.5) is 0 Å². The molecule has 0 aromatic heterocycles. The smallest absolute Gasteiger partial charge is 1.00 e. The monoisotopic (exact) mass is 216 g/mol. The summed E-state index contributed by atoms with van der Waals surface area (Å²) in [4.78, 5) is 0. The number of halogens is 1. The molecule has 0 saturated heterocycles. The minimum absolute atomic E-state index is 0. The first kappa shape index (κ1) is 15.8. The molecular formula is H4BaClNaO. The molecule has 1 nitrogen and oxygen atoms in total. The second kappa shape index (κ2) is 17.0. The number of hydrogen-bond acceptors (Lipinski definition) is 1. The van der Waals surface area contributed by atoms with Crippen LogP contribution in [0, 0.1) is 0 Å². The maximum absolute atomic E-state index is 6.47. The maximum atomic E-state index is 6.47. The van der Waals surface area contributed by atoms with Crippen LogP contribution >= 0.6 is 11.9 Å². The summed E-state index contributed by atoms with van der Waals surface area (Å²) in [5, 5.41) is 0. The fourth-order valence-corrected chi connectivity index (χ4v) is 0. The Balaban J connectivity index is -0.000000000500. The van der Waals surface area contributed by atoms with Crippen LogP contribution in [0.25, 0.3) is 0 Å². The molecule has 0 unspecified atom stereocenters. The van der Waals surface area contributed by atoms with Crippen LogP contribution in [-0.2, 0) is 0 Å². The zero-order chi connectivity index (χ0) is 2.00. The minimum Gasteiger partial charge on any atom is -1.00 e. The van der Waals surface area contributed by atoms with E-state index in [-0.39, 0.29) is 82.7 Å². The zero-order valence-electron chi connectivity index (χ0n) is 5.53. The Kier molecular flexibility index (Phi) is 67.3. The van der Waals surface area contributed by atoms with Gasteiger partial charge in [-0.3, -0.25) is 4.66 Å². The Bertz CT molecular complexity index is 14.9. The van der Waals surface area contributed by atoms with Gasteiger partial charge < -0.3 is 4.28 Å². The Morgan fingerprint density at radius 3 is 1.50 bits per heavy atom. The Morgan fingerprint density at radius 1 is 1.50 bits per heavy atom.